The number of rotatable bonds is 2. The van der Waals surface area contributed by atoms with E-state index in [1.807, 2.05) is 0 Å². The highest BCUT2D eigenvalue weighted by molar-refractivity contribution is 5.46. The predicted octanol–water partition coefficient (Wildman–Crippen LogP) is 2.59. The van der Waals surface area contributed by atoms with Gasteiger partial charge in [0.2, 0.25) is 0 Å². The zero-order chi connectivity index (χ0) is 9.59. The van der Waals surface area contributed by atoms with Crippen LogP contribution in [-0.2, 0) is 0 Å². The summed E-state index contributed by atoms with van der Waals surface area (Å²) in [7, 11) is 0. The van der Waals surface area contributed by atoms with Crippen molar-refractivity contribution in [3.8, 4) is 0 Å². The average molecular weight is 179 g/mol. The summed E-state index contributed by atoms with van der Waals surface area (Å²) in [6, 6.07) is 0.691. The summed E-state index contributed by atoms with van der Waals surface area (Å²) in [6.45, 7) is 10.5. The summed E-state index contributed by atoms with van der Waals surface area (Å²) in [5.41, 5.74) is 3.53. The summed E-state index contributed by atoms with van der Waals surface area (Å²) in [6.07, 6.45) is 1.38. The van der Waals surface area contributed by atoms with Crippen molar-refractivity contribution in [2.75, 3.05) is 6.54 Å². The molecule has 0 aromatic heterocycles. The Labute approximate surface area is 81.6 Å². The molecule has 0 amide bonds. The van der Waals surface area contributed by atoms with E-state index < -0.39 is 0 Å². The van der Waals surface area contributed by atoms with Crippen LogP contribution in [-0.4, -0.2) is 12.6 Å². The molecule has 1 aliphatic heterocycles. The fraction of sp³-hybridized carbons (Fsp3) is 0.833. The van der Waals surface area contributed by atoms with Crippen LogP contribution in [0.2, 0.25) is 0 Å². The average Bonchev–Trinajstić information content (AvgIpc) is 2.71. The second-order valence-electron chi connectivity index (χ2n) is 5.12. The van der Waals surface area contributed by atoms with Crippen LogP contribution in [0, 0.1) is 17.8 Å². The Kier molecular flexibility index (Phi) is 2.23. The van der Waals surface area contributed by atoms with Crippen LogP contribution in [0.25, 0.3) is 0 Å². The molecule has 0 radical (unpaired) electrons. The highest BCUT2D eigenvalue weighted by atomic mass is 14.9. The molecular formula is C12H21N. The molecule has 0 saturated carbocycles. The zero-order valence-corrected chi connectivity index (χ0v) is 9.22. The Hall–Kier alpha value is -0.300. The molecule has 2 unspecified atom stereocenters. The summed E-state index contributed by atoms with van der Waals surface area (Å²) in [5, 5.41) is 3.57. The first-order valence-corrected chi connectivity index (χ1v) is 5.57. The zero-order valence-electron chi connectivity index (χ0n) is 9.22. The van der Waals surface area contributed by atoms with Crippen molar-refractivity contribution in [2.24, 2.45) is 17.8 Å². The lowest BCUT2D eigenvalue weighted by molar-refractivity contribution is 0.453. The molecule has 13 heavy (non-hydrogen) atoms. The molecule has 0 saturated heterocycles. The van der Waals surface area contributed by atoms with Gasteiger partial charge in [0.15, 0.2) is 0 Å². The highest BCUT2D eigenvalue weighted by Crippen LogP contribution is 2.50. The fourth-order valence-corrected chi connectivity index (χ4v) is 2.63. The molecule has 1 aliphatic carbocycles. The maximum absolute atomic E-state index is 3.57. The SMILES string of the molecule is CC(C)CC1C2=C1C(C)[C@@H](C)NC2. The Morgan fingerprint density at radius 3 is 2.69 bits per heavy atom. The van der Waals surface area contributed by atoms with E-state index in [4.69, 9.17) is 0 Å². The number of hydrogen-bond acceptors (Lipinski definition) is 1. The van der Waals surface area contributed by atoms with Gasteiger partial charge in [-0.15, -0.1) is 0 Å². The van der Waals surface area contributed by atoms with E-state index in [1.54, 1.807) is 11.1 Å². The minimum Gasteiger partial charge on any atom is -0.310 e. The minimum absolute atomic E-state index is 0.691. The standard InChI is InChI=1S/C12H21N/c1-7(2)5-10-11-6-13-9(4)8(3)12(10)11/h7-10,13H,5-6H2,1-4H3/t8?,9-,10?/m1/s1. The monoisotopic (exact) mass is 179 g/mol. The molecule has 0 fully saturated rings. The first-order valence-electron chi connectivity index (χ1n) is 5.57. The molecule has 2 aliphatic rings. The van der Waals surface area contributed by atoms with E-state index in [0.717, 1.165) is 24.3 Å². The van der Waals surface area contributed by atoms with Gasteiger partial charge >= 0.3 is 0 Å². The van der Waals surface area contributed by atoms with Crippen LogP contribution in [0.4, 0.5) is 0 Å². The summed E-state index contributed by atoms with van der Waals surface area (Å²) in [5.74, 6) is 2.51. The Morgan fingerprint density at radius 2 is 2.08 bits per heavy atom. The first-order chi connectivity index (χ1) is 6.11. The van der Waals surface area contributed by atoms with Gasteiger partial charge in [-0.3, -0.25) is 0 Å². The smallest absolute Gasteiger partial charge is 0.0176 e. The minimum atomic E-state index is 0.691. The molecule has 0 spiro atoms. The van der Waals surface area contributed by atoms with Gasteiger partial charge in [-0.2, -0.15) is 0 Å². The van der Waals surface area contributed by atoms with Crippen molar-refractivity contribution < 1.29 is 0 Å². The van der Waals surface area contributed by atoms with Gasteiger partial charge < -0.3 is 5.32 Å². The van der Waals surface area contributed by atoms with Crippen molar-refractivity contribution in [2.45, 2.75) is 40.2 Å². The van der Waals surface area contributed by atoms with E-state index in [9.17, 15) is 0 Å². The van der Waals surface area contributed by atoms with Gasteiger partial charge in [-0.05, 0) is 30.8 Å². The van der Waals surface area contributed by atoms with E-state index >= 15 is 0 Å². The number of hydrogen-bond donors (Lipinski definition) is 1. The Morgan fingerprint density at radius 1 is 1.38 bits per heavy atom. The second-order valence-corrected chi connectivity index (χ2v) is 5.12. The van der Waals surface area contributed by atoms with Gasteiger partial charge in [0.25, 0.3) is 0 Å². The first kappa shape index (κ1) is 9.26. The van der Waals surface area contributed by atoms with E-state index in [1.165, 1.54) is 6.42 Å². The third-order valence-electron chi connectivity index (χ3n) is 3.65. The Bertz CT molecular complexity index is 240. The predicted molar refractivity (Wildman–Crippen MR) is 56.6 cm³/mol. The van der Waals surface area contributed by atoms with Gasteiger partial charge in [0.05, 0.1) is 0 Å². The summed E-state index contributed by atoms with van der Waals surface area (Å²) in [4.78, 5) is 0. The van der Waals surface area contributed by atoms with Crippen molar-refractivity contribution in [3.05, 3.63) is 11.1 Å². The van der Waals surface area contributed by atoms with Gasteiger partial charge in [-0.25, -0.2) is 0 Å². The highest BCUT2D eigenvalue weighted by Gasteiger charge is 2.43. The largest absolute Gasteiger partial charge is 0.310 e. The topological polar surface area (TPSA) is 12.0 Å². The third-order valence-corrected chi connectivity index (χ3v) is 3.65. The molecule has 2 rings (SSSR count). The van der Waals surface area contributed by atoms with Gasteiger partial charge in [0, 0.05) is 18.5 Å². The van der Waals surface area contributed by atoms with Crippen molar-refractivity contribution >= 4 is 0 Å². The van der Waals surface area contributed by atoms with Crippen LogP contribution < -0.4 is 5.32 Å². The third kappa shape index (κ3) is 1.54. The maximum Gasteiger partial charge on any atom is 0.0176 e. The molecule has 0 bridgehead atoms. The summed E-state index contributed by atoms with van der Waals surface area (Å²) < 4.78 is 0. The van der Waals surface area contributed by atoms with Gasteiger partial charge in [0.1, 0.15) is 0 Å². The lowest BCUT2D eigenvalue weighted by Crippen LogP contribution is -2.34. The molecule has 1 heteroatoms. The molecule has 0 aromatic carbocycles. The molecule has 1 N–H and O–H groups in total. The van der Waals surface area contributed by atoms with Gasteiger partial charge in [-0.1, -0.05) is 26.3 Å². The van der Waals surface area contributed by atoms with Crippen molar-refractivity contribution in [3.63, 3.8) is 0 Å². The summed E-state index contributed by atoms with van der Waals surface area (Å²) >= 11 is 0. The van der Waals surface area contributed by atoms with Crippen LogP contribution in [0.3, 0.4) is 0 Å². The molecular weight excluding hydrogens is 158 g/mol. The van der Waals surface area contributed by atoms with E-state index in [-0.39, 0.29) is 0 Å². The van der Waals surface area contributed by atoms with Crippen LogP contribution in [0.5, 0.6) is 0 Å². The second kappa shape index (κ2) is 3.13. The van der Waals surface area contributed by atoms with Crippen LogP contribution >= 0.6 is 0 Å². The van der Waals surface area contributed by atoms with E-state index in [0.29, 0.717) is 6.04 Å². The number of nitrogens with one attached hydrogen (secondary N) is 1. The lowest BCUT2D eigenvalue weighted by Gasteiger charge is -2.21. The van der Waals surface area contributed by atoms with Crippen LogP contribution in [0.1, 0.15) is 34.1 Å². The molecule has 3 atom stereocenters. The molecule has 1 heterocycles. The van der Waals surface area contributed by atoms with Crippen LogP contribution in [0.15, 0.2) is 11.1 Å². The normalized spacial score (nSPS) is 38.1. The molecule has 74 valence electrons. The lowest BCUT2D eigenvalue weighted by atomic mass is 9.95. The molecule has 0 aromatic rings. The molecule has 1 nitrogen and oxygen atoms in total. The fourth-order valence-electron chi connectivity index (χ4n) is 2.63. The van der Waals surface area contributed by atoms with E-state index in [2.05, 4.69) is 33.0 Å². The van der Waals surface area contributed by atoms with Crippen molar-refractivity contribution in [1.82, 2.24) is 5.32 Å². The van der Waals surface area contributed by atoms with Crippen molar-refractivity contribution in [1.29, 1.82) is 0 Å². The quantitative estimate of drug-likeness (QED) is 0.642. The maximum atomic E-state index is 3.57. The Balaban J connectivity index is 1.97.